The zero-order chi connectivity index (χ0) is 12.8. The first-order valence-corrected chi connectivity index (χ1v) is 6.37. The van der Waals surface area contributed by atoms with Gasteiger partial charge in [-0.3, -0.25) is 0 Å². The summed E-state index contributed by atoms with van der Waals surface area (Å²) < 4.78 is 5.52. The molecule has 1 aromatic carbocycles. The molecule has 0 atom stereocenters. The molecule has 5 heteroatoms. The molecule has 0 N–H and O–H groups in total. The Kier molecular flexibility index (Phi) is 4.79. The number of halogens is 2. The molecule has 94 valence electrons. The molecule has 1 heterocycles. The molecule has 0 spiro atoms. The van der Waals surface area contributed by atoms with Gasteiger partial charge in [-0.1, -0.05) is 53.5 Å². The van der Waals surface area contributed by atoms with E-state index >= 15 is 0 Å². The Morgan fingerprint density at radius 2 is 1.83 bits per heavy atom. The Hall–Kier alpha value is -1.32. The SMILES string of the molecule is Clc1cc(OCCCc2ccccc2)c(Cl)nn1. The van der Waals surface area contributed by atoms with Gasteiger partial charge in [-0.05, 0) is 18.4 Å². The number of hydrogen-bond acceptors (Lipinski definition) is 3. The van der Waals surface area contributed by atoms with Crippen molar-refractivity contribution in [3.8, 4) is 5.75 Å². The molecule has 1 aromatic heterocycles. The summed E-state index contributed by atoms with van der Waals surface area (Å²) >= 11 is 11.5. The molecule has 0 amide bonds. The van der Waals surface area contributed by atoms with Crippen molar-refractivity contribution in [3.63, 3.8) is 0 Å². The number of rotatable bonds is 5. The molecule has 0 saturated heterocycles. The van der Waals surface area contributed by atoms with Crippen LogP contribution in [-0.4, -0.2) is 16.8 Å². The average molecular weight is 283 g/mol. The van der Waals surface area contributed by atoms with E-state index in [1.165, 1.54) is 5.56 Å². The van der Waals surface area contributed by atoms with Crippen LogP contribution < -0.4 is 4.74 Å². The predicted molar refractivity (Wildman–Crippen MR) is 72.3 cm³/mol. The van der Waals surface area contributed by atoms with Crippen LogP contribution in [-0.2, 0) is 6.42 Å². The summed E-state index contributed by atoms with van der Waals surface area (Å²) in [6.45, 7) is 0.566. The van der Waals surface area contributed by atoms with Crippen molar-refractivity contribution in [2.45, 2.75) is 12.8 Å². The van der Waals surface area contributed by atoms with Crippen molar-refractivity contribution in [2.24, 2.45) is 0 Å². The molecular formula is C13H12Cl2N2O. The Bertz CT molecular complexity index is 506. The highest BCUT2D eigenvalue weighted by Gasteiger charge is 2.05. The highest BCUT2D eigenvalue weighted by atomic mass is 35.5. The molecular weight excluding hydrogens is 271 g/mol. The predicted octanol–water partition coefficient (Wildman–Crippen LogP) is 3.80. The van der Waals surface area contributed by atoms with E-state index in [1.54, 1.807) is 6.07 Å². The fourth-order valence-electron chi connectivity index (χ4n) is 1.54. The van der Waals surface area contributed by atoms with Crippen molar-refractivity contribution in [3.05, 3.63) is 52.3 Å². The summed E-state index contributed by atoms with van der Waals surface area (Å²) in [5, 5.41) is 7.80. The van der Waals surface area contributed by atoms with Crippen molar-refractivity contribution >= 4 is 23.2 Å². The third-order valence-electron chi connectivity index (χ3n) is 2.40. The molecule has 0 fully saturated rings. The van der Waals surface area contributed by atoms with Crippen LogP contribution in [0.5, 0.6) is 5.75 Å². The number of ether oxygens (including phenoxy) is 1. The second-order valence-corrected chi connectivity index (χ2v) is 4.50. The largest absolute Gasteiger partial charge is 0.490 e. The van der Waals surface area contributed by atoms with Gasteiger partial charge in [0.25, 0.3) is 0 Å². The zero-order valence-corrected chi connectivity index (χ0v) is 11.2. The standard InChI is InChI=1S/C13H12Cl2N2O/c14-12-9-11(13(15)17-16-12)18-8-4-7-10-5-2-1-3-6-10/h1-3,5-6,9H,4,7-8H2. The van der Waals surface area contributed by atoms with Crippen molar-refractivity contribution in [1.29, 1.82) is 0 Å². The summed E-state index contributed by atoms with van der Waals surface area (Å²) in [4.78, 5) is 0. The third kappa shape index (κ3) is 3.86. The van der Waals surface area contributed by atoms with Gasteiger partial charge in [-0.15, -0.1) is 10.2 Å². The number of hydrogen-bond donors (Lipinski definition) is 0. The van der Waals surface area contributed by atoms with E-state index in [-0.39, 0.29) is 10.3 Å². The molecule has 0 unspecified atom stereocenters. The number of nitrogens with zero attached hydrogens (tertiary/aromatic N) is 2. The molecule has 0 aliphatic carbocycles. The Balaban J connectivity index is 1.80. The summed E-state index contributed by atoms with van der Waals surface area (Å²) in [7, 11) is 0. The summed E-state index contributed by atoms with van der Waals surface area (Å²) in [5.41, 5.74) is 1.29. The van der Waals surface area contributed by atoms with Gasteiger partial charge >= 0.3 is 0 Å². The number of aromatic nitrogens is 2. The molecule has 2 aromatic rings. The quantitative estimate of drug-likeness (QED) is 0.783. The summed E-state index contributed by atoms with van der Waals surface area (Å²) in [6.07, 6.45) is 1.87. The van der Waals surface area contributed by atoms with Gasteiger partial charge in [0.2, 0.25) is 0 Å². The van der Waals surface area contributed by atoms with Gasteiger partial charge in [-0.2, -0.15) is 0 Å². The molecule has 2 rings (SSSR count). The molecule has 18 heavy (non-hydrogen) atoms. The van der Waals surface area contributed by atoms with E-state index in [4.69, 9.17) is 27.9 Å². The van der Waals surface area contributed by atoms with Crippen LogP contribution in [0, 0.1) is 0 Å². The van der Waals surface area contributed by atoms with E-state index in [0.29, 0.717) is 12.4 Å². The van der Waals surface area contributed by atoms with Crippen LogP contribution in [0.1, 0.15) is 12.0 Å². The molecule has 0 bridgehead atoms. The third-order valence-corrected chi connectivity index (χ3v) is 2.84. The first-order chi connectivity index (χ1) is 8.75. The van der Waals surface area contributed by atoms with Crippen LogP contribution in [0.15, 0.2) is 36.4 Å². The molecule has 3 nitrogen and oxygen atoms in total. The van der Waals surface area contributed by atoms with Crippen LogP contribution in [0.2, 0.25) is 10.3 Å². The highest BCUT2D eigenvalue weighted by Crippen LogP contribution is 2.23. The maximum Gasteiger partial charge on any atom is 0.193 e. The number of benzene rings is 1. The van der Waals surface area contributed by atoms with E-state index in [0.717, 1.165) is 12.8 Å². The van der Waals surface area contributed by atoms with E-state index in [9.17, 15) is 0 Å². The van der Waals surface area contributed by atoms with E-state index in [2.05, 4.69) is 22.3 Å². The fourth-order valence-corrected chi connectivity index (χ4v) is 1.83. The first kappa shape index (κ1) is 13.1. The molecule has 0 radical (unpaired) electrons. The average Bonchev–Trinajstić information content (AvgIpc) is 2.40. The van der Waals surface area contributed by atoms with Gasteiger partial charge in [0.1, 0.15) is 0 Å². The highest BCUT2D eigenvalue weighted by molar-refractivity contribution is 6.32. The lowest BCUT2D eigenvalue weighted by atomic mass is 10.1. The lowest BCUT2D eigenvalue weighted by Gasteiger charge is -2.07. The maximum absolute atomic E-state index is 5.83. The second-order valence-electron chi connectivity index (χ2n) is 3.76. The normalized spacial score (nSPS) is 10.3. The first-order valence-electron chi connectivity index (χ1n) is 5.61. The minimum atomic E-state index is 0.235. The van der Waals surface area contributed by atoms with Crippen LogP contribution in [0.3, 0.4) is 0 Å². The Labute approximate surface area is 116 Å². The molecule has 0 aliphatic heterocycles. The number of aryl methyl sites for hydroxylation is 1. The van der Waals surface area contributed by atoms with Crippen LogP contribution in [0.4, 0.5) is 0 Å². The van der Waals surface area contributed by atoms with Crippen molar-refractivity contribution < 1.29 is 4.74 Å². The fraction of sp³-hybridized carbons (Fsp3) is 0.231. The molecule has 0 saturated carbocycles. The van der Waals surface area contributed by atoms with Crippen molar-refractivity contribution in [1.82, 2.24) is 10.2 Å². The van der Waals surface area contributed by atoms with E-state index < -0.39 is 0 Å². The topological polar surface area (TPSA) is 35.0 Å². The van der Waals surface area contributed by atoms with Crippen LogP contribution in [0.25, 0.3) is 0 Å². The van der Waals surface area contributed by atoms with Gasteiger partial charge < -0.3 is 4.74 Å². The van der Waals surface area contributed by atoms with E-state index in [1.807, 2.05) is 18.2 Å². The van der Waals surface area contributed by atoms with Gasteiger partial charge in [0, 0.05) is 6.07 Å². The van der Waals surface area contributed by atoms with Gasteiger partial charge in [-0.25, -0.2) is 0 Å². The minimum absolute atomic E-state index is 0.235. The lowest BCUT2D eigenvalue weighted by molar-refractivity contribution is 0.309. The van der Waals surface area contributed by atoms with Crippen molar-refractivity contribution in [2.75, 3.05) is 6.61 Å². The summed E-state index contributed by atoms with van der Waals surface area (Å²) in [5.74, 6) is 0.477. The van der Waals surface area contributed by atoms with Gasteiger partial charge in [0.05, 0.1) is 6.61 Å². The minimum Gasteiger partial charge on any atom is -0.490 e. The summed E-state index contributed by atoms with van der Waals surface area (Å²) in [6, 6.07) is 11.8. The van der Waals surface area contributed by atoms with Crippen LogP contribution >= 0.6 is 23.2 Å². The molecule has 0 aliphatic rings. The smallest absolute Gasteiger partial charge is 0.193 e. The monoisotopic (exact) mass is 282 g/mol. The second kappa shape index (κ2) is 6.57. The zero-order valence-electron chi connectivity index (χ0n) is 9.64. The maximum atomic E-state index is 5.83. The lowest BCUT2D eigenvalue weighted by Crippen LogP contribution is -2.01. The Morgan fingerprint density at radius 1 is 1.06 bits per heavy atom. The van der Waals surface area contributed by atoms with Gasteiger partial charge in [0.15, 0.2) is 16.1 Å². The Morgan fingerprint density at radius 3 is 2.61 bits per heavy atom.